The van der Waals surface area contributed by atoms with Crippen molar-refractivity contribution in [3.63, 3.8) is 0 Å². The minimum absolute atomic E-state index is 0.133. The van der Waals surface area contributed by atoms with Crippen LogP contribution in [0.5, 0.6) is 5.75 Å². The first-order chi connectivity index (χ1) is 17.0. The van der Waals surface area contributed by atoms with E-state index < -0.39 is 17.9 Å². The molecule has 4 rings (SSSR count). The van der Waals surface area contributed by atoms with Gasteiger partial charge in [0.25, 0.3) is 5.91 Å². The van der Waals surface area contributed by atoms with Gasteiger partial charge in [0.1, 0.15) is 17.1 Å². The second-order valence-corrected chi connectivity index (χ2v) is 8.25. The topological polar surface area (TPSA) is 88.5 Å². The molecule has 0 saturated heterocycles. The van der Waals surface area contributed by atoms with Crippen LogP contribution >= 0.6 is 11.6 Å². The highest BCUT2D eigenvalue weighted by molar-refractivity contribution is 6.31. The minimum atomic E-state index is -1.06. The Morgan fingerprint density at radius 2 is 1.60 bits per heavy atom. The minimum Gasteiger partial charge on any atom is -0.494 e. The normalized spacial score (nSPS) is 11.5. The maximum Gasteiger partial charge on any atom is 0.305 e. The van der Waals surface area contributed by atoms with Crippen molar-refractivity contribution in [3.8, 4) is 28.1 Å². The van der Waals surface area contributed by atoms with Crippen LogP contribution in [0, 0.1) is 0 Å². The van der Waals surface area contributed by atoms with Crippen LogP contribution in [0.4, 0.5) is 0 Å². The second-order valence-electron chi connectivity index (χ2n) is 7.84. The SMILES string of the molecule is COc1ccc(C(=O)N[C@@H](CC(=O)O)c2ccccc2Cl)nc1-c1cccc(-c2ccccc2)c1. The number of hydrogen-bond acceptors (Lipinski definition) is 4. The van der Waals surface area contributed by atoms with Crippen molar-refractivity contribution in [2.24, 2.45) is 0 Å². The van der Waals surface area contributed by atoms with Gasteiger partial charge in [-0.15, -0.1) is 0 Å². The number of aromatic nitrogens is 1. The molecule has 1 aromatic heterocycles. The molecule has 0 aliphatic carbocycles. The molecule has 6 nitrogen and oxygen atoms in total. The Labute approximate surface area is 208 Å². The van der Waals surface area contributed by atoms with Gasteiger partial charge in [-0.05, 0) is 41.0 Å². The molecule has 1 amide bonds. The van der Waals surface area contributed by atoms with Crippen molar-refractivity contribution < 1.29 is 19.4 Å². The van der Waals surface area contributed by atoms with Gasteiger partial charge >= 0.3 is 5.97 Å². The summed E-state index contributed by atoms with van der Waals surface area (Å²) in [6.07, 6.45) is -0.322. The van der Waals surface area contributed by atoms with Gasteiger partial charge in [0.15, 0.2) is 0 Å². The van der Waals surface area contributed by atoms with Gasteiger partial charge in [-0.2, -0.15) is 0 Å². The maximum atomic E-state index is 13.1. The van der Waals surface area contributed by atoms with Crippen LogP contribution in [0.15, 0.2) is 91.0 Å². The Kier molecular flexibility index (Phi) is 7.43. The van der Waals surface area contributed by atoms with Gasteiger partial charge in [-0.3, -0.25) is 9.59 Å². The zero-order chi connectivity index (χ0) is 24.8. The van der Waals surface area contributed by atoms with Gasteiger partial charge in [-0.1, -0.05) is 78.3 Å². The molecule has 0 fully saturated rings. The van der Waals surface area contributed by atoms with E-state index in [1.54, 1.807) is 43.5 Å². The summed E-state index contributed by atoms with van der Waals surface area (Å²) < 4.78 is 5.51. The van der Waals surface area contributed by atoms with E-state index in [9.17, 15) is 14.7 Å². The van der Waals surface area contributed by atoms with Crippen LogP contribution < -0.4 is 10.1 Å². The van der Waals surface area contributed by atoms with E-state index in [1.807, 2.05) is 54.6 Å². The van der Waals surface area contributed by atoms with E-state index in [2.05, 4.69) is 10.3 Å². The molecule has 3 aromatic carbocycles. The summed E-state index contributed by atoms with van der Waals surface area (Å²) in [5.41, 5.74) is 4.00. The predicted molar refractivity (Wildman–Crippen MR) is 136 cm³/mol. The first kappa shape index (κ1) is 24.0. The van der Waals surface area contributed by atoms with Crippen molar-refractivity contribution >= 4 is 23.5 Å². The molecule has 0 unspecified atom stereocenters. The van der Waals surface area contributed by atoms with Crippen LogP contribution in [0.2, 0.25) is 5.02 Å². The first-order valence-corrected chi connectivity index (χ1v) is 11.3. The molecule has 7 heteroatoms. The molecule has 0 aliphatic rings. The smallest absolute Gasteiger partial charge is 0.305 e. The summed E-state index contributed by atoms with van der Waals surface area (Å²) >= 11 is 6.27. The highest BCUT2D eigenvalue weighted by atomic mass is 35.5. The van der Waals surface area contributed by atoms with Gasteiger partial charge in [0, 0.05) is 10.6 Å². The van der Waals surface area contributed by atoms with Crippen molar-refractivity contribution in [2.45, 2.75) is 12.5 Å². The third-order valence-corrected chi connectivity index (χ3v) is 5.86. The van der Waals surface area contributed by atoms with Crippen molar-refractivity contribution in [3.05, 3.63) is 107 Å². The lowest BCUT2D eigenvalue weighted by Gasteiger charge is -2.19. The number of carbonyl (C=O) groups is 2. The van der Waals surface area contributed by atoms with Crippen molar-refractivity contribution in [1.82, 2.24) is 10.3 Å². The first-order valence-electron chi connectivity index (χ1n) is 10.9. The van der Waals surface area contributed by atoms with Gasteiger partial charge < -0.3 is 15.2 Å². The van der Waals surface area contributed by atoms with Crippen LogP contribution in [-0.4, -0.2) is 29.1 Å². The van der Waals surface area contributed by atoms with Crippen LogP contribution in [0.1, 0.15) is 28.5 Å². The number of carboxylic acid groups (broad SMARTS) is 1. The average molecular weight is 487 g/mol. The number of hydrogen-bond donors (Lipinski definition) is 2. The van der Waals surface area contributed by atoms with Crippen LogP contribution in [-0.2, 0) is 4.79 Å². The largest absolute Gasteiger partial charge is 0.494 e. The number of rotatable bonds is 8. The number of aliphatic carboxylic acids is 1. The molecule has 0 aliphatic heterocycles. The number of nitrogens with zero attached hydrogens (tertiary/aromatic N) is 1. The molecule has 1 atom stereocenters. The fourth-order valence-electron chi connectivity index (χ4n) is 3.82. The number of amides is 1. The Hall–Kier alpha value is -4.16. The van der Waals surface area contributed by atoms with E-state index in [0.717, 1.165) is 16.7 Å². The zero-order valence-corrected chi connectivity index (χ0v) is 19.7. The highest BCUT2D eigenvalue weighted by Crippen LogP contribution is 2.32. The number of carboxylic acids is 1. The van der Waals surface area contributed by atoms with Crippen molar-refractivity contribution in [1.29, 1.82) is 0 Å². The molecule has 1 heterocycles. The number of methoxy groups -OCH3 is 1. The highest BCUT2D eigenvalue weighted by Gasteiger charge is 2.22. The number of ether oxygens (including phenoxy) is 1. The quantitative estimate of drug-likeness (QED) is 0.318. The summed E-state index contributed by atoms with van der Waals surface area (Å²) in [4.78, 5) is 29.2. The lowest BCUT2D eigenvalue weighted by Crippen LogP contribution is -2.31. The molecule has 0 bridgehead atoms. The Bertz CT molecular complexity index is 1360. The Morgan fingerprint density at radius 3 is 2.31 bits per heavy atom. The standard InChI is InChI=1S/C28H23ClN2O4/c1-35-25-15-14-23(28(34)31-24(17-26(32)33)21-12-5-6-13-22(21)29)30-27(25)20-11-7-10-19(16-20)18-8-3-2-4-9-18/h2-16,24H,17H2,1H3,(H,31,34)(H,32,33)/t24-/m0/s1. The molecular formula is C28H23ClN2O4. The van der Waals surface area contributed by atoms with Gasteiger partial charge in [0.05, 0.1) is 19.6 Å². The molecular weight excluding hydrogens is 464 g/mol. The van der Waals surface area contributed by atoms with Crippen LogP contribution in [0.3, 0.4) is 0 Å². The van der Waals surface area contributed by atoms with Gasteiger partial charge in [-0.25, -0.2) is 4.98 Å². The van der Waals surface area contributed by atoms with Crippen molar-refractivity contribution in [2.75, 3.05) is 7.11 Å². The van der Waals surface area contributed by atoms with E-state index in [1.165, 1.54) is 0 Å². The Morgan fingerprint density at radius 1 is 0.914 bits per heavy atom. The van der Waals surface area contributed by atoms with E-state index in [0.29, 0.717) is 22.0 Å². The number of halogens is 1. The summed E-state index contributed by atoms with van der Waals surface area (Å²) in [5, 5.41) is 12.5. The lowest BCUT2D eigenvalue weighted by atomic mass is 10.0. The van der Waals surface area contributed by atoms with Gasteiger partial charge in [0.2, 0.25) is 0 Å². The average Bonchev–Trinajstić information content (AvgIpc) is 2.88. The fraction of sp³-hybridized carbons (Fsp3) is 0.107. The molecule has 0 radical (unpaired) electrons. The summed E-state index contributed by atoms with van der Waals surface area (Å²) in [5.74, 6) is -1.06. The summed E-state index contributed by atoms with van der Waals surface area (Å²) in [6, 6.07) is 27.0. The molecule has 176 valence electrons. The fourth-order valence-corrected chi connectivity index (χ4v) is 4.09. The molecule has 0 saturated carbocycles. The Balaban J connectivity index is 1.67. The van der Waals surface area contributed by atoms with E-state index in [4.69, 9.17) is 16.3 Å². The number of nitrogens with one attached hydrogen (secondary N) is 1. The predicted octanol–water partition coefficient (Wildman–Crippen LogP) is 6.02. The monoisotopic (exact) mass is 486 g/mol. The summed E-state index contributed by atoms with van der Waals surface area (Å²) in [6.45, 7) is 0. The van der Waals surface area contributed by atoms with Crippen LogP contribution in [0.25, 0.3) is 22.4 Å². The number of pyridine rings is 1. The second kappa shape index (κ2) is 10.8. The molecule has 35 heavy (non-hydrogen) atoms. The van der Waals surface area contributed by atoms with E-state index in [-0.39, 0.29) is 12.1 Å². The molecule has 0 spiro atoms. The molecule has 4 aromatic rings. The van der Waals surface area contributed by atoms with E-state index >= 15 is 0 Å². The lowest BCUT2D eigenvalue weighted by molar-refractivity contribution is -0.137. The third kappa shape index (κ3) is 5.67. The zero-order valence-electron chi connectivity index (χ0n) is 18.9. The molecule has 2 N–H and O–H groups in total. The third-order valence-electron chi connectivity index (χ3n) is 5.52. The maximum absolute atomic E-state index is 13.1. The number of carbonyl (C=O) groups excluding carboxylic acids is 1. The summed E-state index contributed by atoms with van der Waals surface area (Å²) in [7, 11) is 1.54. The number of benzene rings is 3.